The van der Waals surface area contributed by atoms with Crippen molar-refractivity contribution in [1.29, 1.82) is 0 Å². The van der Waals surface area contributed by atoms with Crippen LogP contribution in [0, 0.1) is 0 Å². The minimum absolute atomic E-state index is 0.0917. The van der Waals surface area contributed by atoms with E-state index in [4.69, 9.17) is 17.3 Å². The number of anilines is 1. The molecule has 0 aliphatic carbocycles. The largest absolute Gasteiger partial charge is 0.398 e. The number of halogens is 1. The molecular weight excluding hydrogens is 284 g/mol. The Bertz CT molecular complexity index is 613. The molecule has 2 aromatic carbocycles. The van der Waals surface area contributed by atoms with Gasteiger partial charge in [0, 0.05) is 11.6 Å². The summed E-state index contributed by atoms with van der Waals surface area (Å²) >= 11 is 5.93. The number of carbonyl (C=O) groups excluding carboxylic acids is 1. The number of nitrogen functional groups attached to an aromatic ring is 1. The summed E-state index contributed by atoms with van der Waals surface area (Å²) in [5.74, 6) is -0.127. The zero-order chi connectivity index (χ0) is 15.2. The molecule has 0 spiro atoms. The van der Waals surface area contributed by atoms with Gasteiger partial charge in [0.1, 0.15) is 0 Å². The van der Waals surface area contributed by atoms with Gasteiger partial charge < -0.3 is 11.1 Å². The Hall–Kier alpha value is -2.00. The number of carbonyl (C=O) groups is 1. The first kappa shape index (κ1) is 15.4. The Kier molecular flexibility index (Phi) is 5.23. The summed E-state index contributed by atoms with van der Waals surface area (Å²) in [7, 11) is 0. The lowest BCUT2D eigenvalue weighted by molar-refractivity contribution is 0.0938. The van der Waals surface area contributed by atoms with Gasteiger partial charge in [-0.2, -0.15) is 0 Å². The lowest BCUT2D eigenvalue weighted by atomic mass is 10.1. The van der Waals surface area contributed by atoms with Crippen molar-refractivity contribution in [1.82, 2.24) is 5.32 Å². The predicted molar refractivity (Wildman–Crippen MR) is 87.6 cm³/mol. The second-order valence-electron chi connectivity index (χ2n) is 5.14. The van der Waals surface area contributed by atoms with Crippen molar-refractivity contribution >= 4 is 23.2 Å². The molecule has 0 aromatic heterocycles. The van der Waals surface area contributed by atoms with Crippen LogP contribution in [0.5, 0.6) is 0 Å². The average Bonchev–Trinajstić information content (AvgIpc) is 2.49. The third-order valence-corrected chi connectivity index (χ3v) is 3.68. The van der Waals surface area contributed by atoms with Gasteiger partial charge in [0.15, 0.2) is 0 Å². The van der Waals surface area contributed by atoms with Crippen LogP contribution in [0.4, 0.5) is 5.69 Å². The maximum absolute atomic E-state index is 12.1. The van der Waals surface area contributed by atoms with E-state index in [0.29, 0.717) is 16.3 Å². The van der Waals surface area contributed by atoms with Crippen LogP contribution < -0.4 is 11.1 Å². The first-order chi connectivity index (χ1) is 10.1. The number of amides is 1. The van der Waals surface area contributed by atoms with E-state index >= 15 is 0 Å². The molecule has 0 saturated carbocycles. The fraction of sp³-hybridized carbons (Fsp3) is 0.235. The summed E-state index contributed by atoms with van der Waals surface area (Å²) in [6.45, 7) is 2.00. The molecule has 3 nitrogen and oxygen atoms in total. The number of rotatable bonds is 5. The molecular formula is C17H19ClN2O. The highest BCUT2D eigenvalue weighted by Crippen LogP contribution is 2.19. The molecule has 1 unspecified atom stereocenters. The molecule has 0 heterocycles. The summed E-state index contributed by atoms with van der Waals surface area (Å²) in [4.78, 5) is 12.1. The van der Waals surface area contributed by atoms with Gasteiger partial charge in [-0.3, -0.25) is 4.79 Å². The summed E-state index contributed by atoms with van der Waals surface area (Å²) in [6.07, 6.45) is 1.82. The topological polar surface area (TPSA) is 55.1 Å². The van der Waals surface area contributed by atoms with Crippen LogP contribution in [0.3, 0.4) is 0 Å². The minimum Gasteiger partial charge on any atom is -0.398 e. The average molecular weight is 303 g/mol. The predicted octanol–water partition coefficient (Wildman–Crippen LogP) is 3.67. The number of benzene rings is 2. The van der Waals surface area contributed by atoms with Crippen molar-refractivity contribution in [3.8, 4) is 0 Å². The van der Waals surface area contributed by atoms with Crippen LogP contribution in [0.1, 0.15) is 29.3 Å². The second-order valence-corrected chi connectivity index (χ2v) is 5.54. The van der Waals surface area contributed by atoms with Crippen molar-refractivity contribution < 1.29 is 4.79 Å². The zero-order valence-electron chi connectivity index (χ0n) is 12.0. The molecule has 0 aliphatic rings. The van der Waals surface area contributed by atoms with E-state index < -0.39 is 0 Å². The van der Waals surface area contributed by atoms with Crippen LogP contribution in [0.2, 0.25) is 5.02 Å². The van der Waals surface area contributed by atoms with E-state index in [0.717, 1.165) is 12.8 Å². The quantitative estimate of drug-likeness (QED) is 0.828. The Balaban J connectivity index is 1.88. The van der Waals surface area contributed by atoms with Gasteiger partial charge >= 0.3 is 0 Å². The summed E-state index contributed by atoms with van der Waals surface area (Å²) in [5.41, 5.74) is 7.92. The van der Waals surface area contributed by atoms with Crippen molar-refractivity contribution in [3.63, 3.8) is 0 Å². The Morgan fingerprint density at radius 1 is 1.24 bits per heavy atom. The molecule has 0 aliphatic heterocycles. The molecule has 0 bridgehead atoms. The highest BCUT2D eigenvalue weighted by atomic mass is 35.5. The number of hydrogen-bond acceptors (Lipinski definition) is 2. The molecule has 21 heavy (non-hydrogen) atoms. The van der Waals surface area contributed by atoms with Crippen molar-refractivity contribution in [2.24, 2.45) is 0 Å². The minimum atomic E-state index is -0.127. The van der Waals surface area contributed by atoms with E-state index in [2.05, 4.69) is 17.4 Å². The molecule has 3 N–H and O–H groups in total. The Morgan fingerprint density at radius 2 is 1.95 bits per heavy atom. The lowest BCUT2D eigenvalue weighted by Crippen LogP contribution is -2.32. The van der Waals surface area contributed by atoms with E-state index in [-0.39, 0.29) is 11.9 Å². The summed E-state index contributed by atoms with van der Waals surface area (Å²) < 4.78 is 0. The van der Waals surface area contributed by atoms with Crippen LogP contribution in [-0.4, -0.2) is 11.9 Å². The maximum atomic E-state index is 12.1. The molecule has 2 aromatic rings. The van der Waals surface area contributed by atoms with Gasteiger partial charge in [-0.05, 0) is 43.5 Å². The first-order valence-corrected chi connectivity index (χ1v) is 7.34. The second kappa shape index (κ2) is 7.14. The number of aryl methyl sites for hydroxylation is 1. The van der Waals surface area contributed by atoms with Crippen LogP contribution in [-0.2, 0) is 6.42 Å². The highest BCUT2D eigenvalue weighted by Gasteiger charge is 2.11. The fourth-order valence-corrected chi connectivity index (χ4v) is 2.26. The normalized spacial score (nSPS) is 11.9. The summed E-state index contributed by atoms with van der Waals surface area (Å²) in [5, 5.41) is 3.38. The van der Waals surface area contributed by atoms with Gasteiger partial charge in [0.05, 0.1) is 10.7 Å². The molecule has 0 radical (unpaired) electrons. The number of hydrogen-bond donors (Lipinski definition) is 2. The SMILES string of the molecule is CC(CCc1ccccc1)NC(=O)c1ccc(N)c(Cl)c1. The molecule has 0 saturated heterocycles. The smallest absolute Gasteiger partial charge is 0.251 e. The first-order valence-electron chi connectivity index (χ1n) is 6.96. The molecule has 0 fully saturated rings. The van der Waals surface area contributed by atoms with Crippen LogP contribution >= 0.6 is 11.6 Å². The monoisotopic (exact) mass is 302 g/mol. The van der Waals surface area contributed by atoms with Crippen LogP contribution in [0.25, 0.3) is 0 Å². The number of nitrogens with one attached hydrogen (secondary N) is 1. The van der Waals surface area contributed by atoms with Crippen molar-refractivity contribution in [2.45, 2.75) is 25.8 Å². The molecule has 110 valence electrons. The van der Waals surface area contributed by atoms with Gasteiger partial charge in [-0.25, -0.2) is 0 Å². The maximum Gasteiger partial charge on any atom is 0.251 e. The molecule has 1 amide bonds. The third kappa shape index (κ3) is 4.50. The van der Waals surface area contributed by atoms with E-state index in [1.807, 2.05) is 25.1 Å². The van der Waals surface area contributed by atoms with E-state index in [9.17, 15) is 4.79 Å². The van der Waals surface area contributed by atoms with Gasteiger partial charge in [-0.1, -0.05) is 41.9 Å². The van der Waals surface area contributed by atoms with Gasteiger partial charge in [0.25, 0.3) is 5.91 Å². The van der Waals surface area contributed by atoms with Gasteiger partial charge in [0.2, 0.25) is 0 Å². The van der Waals surface area contributed by atoms with Crippen molar-refractivity contribution in [2.75, 3.05) is 5.73 Å². The zero-order valence-corrected chi connectivity index (χ0v) is 12.7. The van der Waals surface area contributed by atoms with E-state index in [1.54, 1.807) is 18.2 Å². The summed E-state index contributed by atoms with van der Waals surface area (Å²) in [6, 6.07) is 15.2. The van der Waals surface area contributed by atoms with E-state index in [1.165, 1.54) is 5.56 Å². The highest BCUT2D eigenvalue weighted by molar-refractivity contribution is 6.33. The Labute approximate surface area is 130 Å². The number of nitrogens with two attached hydrogens (primary N) is 1. The van der Waals surface area contributed by atoms with Gasteiger partial charge in [-0.15, -0.1) is 0 Å². The fourth-order valence-electron chi connectivity index (χ4n) is 2.08. The third-order valence-electron chi connectivity index (χ3n) is 3.35. The lowest BCUT2D eigenvalue weighted by Gasteiger charge is -2.14. The standard InChI is InChI=1S/C17H19ClN2O/c1-12(7-8-13-5-3-2-4-6-13)20-17(21)14-9-10-16(19)15(18)11-14/h2-6,9-12H,7-8,19H2,1H3,(H,20,21). The van der Waals surface area contributed by atoms with Crippen molar-refractivity contribution in [3.05, 3.63) is 64.7 Å². The Morgan fingerprint density at radius 3 is 2.62 bits per heavy atom. The molecule has 1 atom stereocenters. The molecule has 2 rings (SSSR count). The molecule has 4 heteroatoms. The van der Waals surface area contributed by atoms with Crippen LogP contribution in [0.15, 0.2) is 48.5 Å².